The Kier molecular flexibility index (Phi) is 5.42. The number of nitro groups is 1. The van der Waals surface area contributed by atoms with E-state index in [1.165, 1.54) is 43.3 Å². The average molecular weight is 417 g/mol. The fourth-order valence-corrected chi connectivity index (χ4v) is 3.00. The maximum atomic E-state index is 12.6. The number of nitrogens with zero attached hydrogens (tertiary/aromatic N) is 2. The minimum absolute atomic E-state index is 0.166. The summed E-state index contributed by atoms with van der Waals surface area (Å²) in [6, 6.07) is 8.21. The summed E-state index contributed by atoms with van der Waals surface area (Å²) in [7, 11) is 0. The molecule has 1 aliphatic heterocycles. The highest BCUT2D eigenvalue weighted by Crippen LogP contribution is 2.32. The Morgan fingerprint density at radius 1 is 1.14 bits per heavy atom. The fourth-order valence-electron chi connectivity index (χ4n) is 2.87. The second-order valence-electron chi connectivity index (χ2n) is 6.15. The Morgan fingerprint density at radius 3 is 2.41 bits per heavy atom. The van der Waals surface area contributed by atoms with Crippen molar-refractivity contribution < 1.29 is 28.8 Å². The highest BCUT2D eigenvalue weighted by Gasteiger charge is 2.45. The van der Waals surface area contributed by atoms with E-state index in [0.29, 0.717) is 9.92 Å². The quantitative estimate of drug-likeness (QED) is 0.233. The molecule has 0 saturated heterocycles. The molecular weight excluding hydrogens is 404 g/mol. The van der Waals surface area contributed by atoms with Gasteiger partial charge in [-0.15, -0.1) is 0 Å². The number of Topliss-reactive ketones (excluding diaryl/α,β-unsaturated/α-hetero) is 1. The molecule has 0 radical (unpaired) electrons. The first-order valence-electron chi connectivity index (χ1n) is 8.33. The zero-order valence-corrected chi connectivity index (χ0v) is 15.7. The van der Waals surface area contributed by atoms with Gasteiger partial charge in [-0.25, -0.2) is 4.79 Å². The molecule has 9 nitrogen and oxygen atoms in total. The van der Waals surface area contributed by atoms with Crippen molar-refractivity contribution in [2.45, 2.75) is 13.0 Å². The smallest absolute Gasteiger partial charge is 0.329 e. The van der Waals surface area contributed by atoms with Crippen molar-refractivity contribution in [1.29, 1.82) is 0 Å². The van der Waals surface area contributed by atoms with E-state index in [-0.39, 0.29) is 16.7 Å². The highest BCUT2D eigenvalue weighted by molar-refractivity contribution is 6.30. The van der Waals surface area contributed by atoms with Crippen molar-refractivity contribution in [3.63, 3.8) is 0 Å². The maximum Gasteiger partial charge on any atom is 0.329 e. The van der Waals surface area contributed by atoms with Crippen LogP contribution in [0.25, 0.3) is 0 Å². The number of hydrogen-bond acceptors (Lipinski definition) is 7. The van der Waals surface area contributed by atoms with Crippen molar-refractivity contribution in [2.75, 3.05) is 6.61 Å². The minimum Gasteiger partial charge on any atom is -0.456 e. The molecule has 0 fully saturated rings. The van der Waals surface area contributed by atoms with E-state index in [9.17, 15) is 29.3 Å². The summed E-state index contributed by atoms with van der Waals surface area (Å²) in [4.78, 5) is 60.4. The predicted octanol–water partition coefficient (Wildman–Crippen LogP) is 2.66. The number of amides is 2. The standard InChI is InChI=1S/C19H13ClN2O7/c1-10(19(26)29-9-15(23)11-5-7-12(20)8-6-11)21-17(24)13-3-2-4-14(22(27)28)16(13)18(21)25/h2-8,10H,9H2,1H3. The van der Waals surface area contributed by atoms with Crippen LogP contribution in [-0.2, 0) is 9.53 Å². The molecule has 1 unspecified atom stereocenters. The maximum absolute atomic E-state index is 12.6. The van der Waals surface area contributed by atoms with Crippen molar-refractivity contribution >= 4 is 40.9 Å². The molecule has 0 bridgehead atoms. The molecule has 29 heavy (non-hydrogen) atoms. The number of carbonyl (C=O) groups is 4. The normalized spacial score (nSPS) is 13.8. The molecule has 0 N–H and O–H groups in total. The lowest BCUT2D eigenvalue weighted by Gasteiger charge is -2.20. The fraction of sp³-hybridized carbons (Fsp3) is 0.158. The largest absolute Gasteiger partial charge is 0.456 e. The highest BCUT2D eigenvalue weighted by atomic mass is 35.5. The van der Waals surface area contributed by atoms with Crippen LogP contribution in [0, 0.1) is 10.1 Å². The molecule has 0 saturated carbocycles. The van der Waals surface area contributed by atoms with Gasteiger partial charge in [-0.05, 0) is 37.3 Å². The summed E-state index contributed by atoms with van der Waals surface area (Å²) in [5.74, 6) is -3.31. The van der Waals surface area contributed by atoms with Gasteiger partial charge in [-0.1, -0.05) is 17.7 Å². The number of halogens is 1. The lowest BCUT2D eigenvalue weighted by Crippen LogP contribution is -2.44. The van der Waals surface area contributed by atoms with E-state index in [4.69, 9.17) is 16.3 Å². The van der Waals surface area contributed by atoms with Crippen molar-refractivity contribution in [3.05, 3.63) is 74.3 Å². The molecule has 0 spiro atoms. The summed E-state index contributed by atoms with van der Waals surface area (Å²) >= 11 is 5.75. The number of imide groups is 1. The van der Waals surface area contributed by atoms with E-state index in [0.717, 1.165) is 6.07 Å². The van der Waals surface area contributed by atoms with E-state index in [1.807, 2.05) is 0 Å². The van der Waals surface area contributed by atoms with Crippen LogP contribution in [-0.4, -0.2) is 46.0 Å². The molecule has 2 aromatic carbocycles. The van der Waals surface area contributed by atoms with E-state index in [2.05, 4.69) is 0 Å². The lowest BCUT2D eigenvalue weighted by molar-refractivity contribution is -0.385. The Labute approximate surface area is 169 Å². The first-order chi connectivity index (χ1) is 13.7. The number of rotatable bonds is 6. The van der Waals surface area contributed by atoms with Crippen LogP contribution in [0.5, 0.6) is 0 Å². The number of nitro benzene ring substituents is 1. The molecule has 1 heterocycles. The van der Waals surface area contributed by atoms with Gasteiger partial charge in [0.05, 0.1) is 10.5 Å². The van der Waals surface area contributed by atoms with Gasteiger partial charge in [-0.2, -0.15) is 0 Å². The van der Waals surface area contributed by atoms with Gasteiger partial charge in [0.25, 0.3) is 17.5 Å². The van der Waals surface area contributed by atoms with Gasteiger partial charge in [0.1, 0.15) is 11.6 Å². The number of esters is 1. The van der Waals surface area contributed by atoms with Crippen LogP contribution >= 0.6 is 11.6 Å². The molecule has 1 atom stereocenters. The van der Waals surface area contributed by atoms with Crippen LogP contribution in [0.3, 0.4) is 0 Å². The first kappa shape index (κ1) is 20.2. The monoisotopic (exact) mass is 416 g/mol. The predicted molar refractivity (Wildman–Crippen MR) is 99.8 cm³/mol. The summed E-state index contributed by atoms with van der Waals surface area (Å²) in [6.45, 7) is 0.636. The third kappa shape index (κ3) is 3.72. The van der Waals surface area contributed by atoms with Crippen LogP contribution in [0.15, 0.2) is 42.5 Å². The number of ether oxygens (including phenoxy) is 1. The third-order valence-corrected chi connectivity index (χ3v) is 4.61. The van der Waals surface area contributed by atoms with E-state index < -0.39 is 46.8 Å². The van der Waals surface area contributed by atoms with Gasteiger partial charge in [0, 0.05) is 16.7 Å². The number of hydrogen-bond donors (Lipinski definition) is 0. The second kappa shape index (κ2) is 7.80. The average Bonchev–Trinajstić information content (AvgIpc) is 2.96. The van der Waals surface area contributed by atoms with Crippen LogP contribution < -0.4 is 0 Å². The molecule has 2 aromatic rings. The van der Waals surface area contributed by atoms with Gasteiger partial charge < -0.3 is 4.74 Å². The van der Waals surface area contributed by atoms with Gasteiger partial charge in [0.15, 0.2) is 12.4 Å². The second-order valence-corrected chi connectivity index (χ2v) is 6.59. The number of fused-ring (bicyclic) bond motifs is 1. The lowest BCUT2D eigenvalue weighted by atomic mass is 10.1. The molecule has 1 aliphatic rings. The SMILES string of the molecule is CC(C(=O)OCC(=O)c1ccc(Cl)cc1)N1C(=O)c2cccc([N+](=O)[O-])c2C1=O. The van der Waals surface area contributed by atoms with Crippen molar-refractivity contribution in [1.82, 2.24) is 4.90 Å². The molecule has 0 aliphatic carbocycles. The Balaban J connectivity index is 1.73. The van der Waals surface area contributed by atoms with Gasteiger partial charge in [-0.3, -0.25) is 29.4 Å². The molecule has 0 aromatic heterocycles. The molecular formula is C19H13ClN2O7. The number of carbonyl (C=O) groups excluding carboxylic acids is 4. The summed E-state index contributed by atoms with van der Waals surface area (Å²) in [6.07, 6.45) is 0. The molecule has 148 valence electrons. The Morgan fingerprint density at radius 2 is 1.79 bits per heavy atom. The van der Waals surface area contributed by atoms with Crippen molar-refractivity contribution in [2.24, 2.45) is 0 Å². The summed E-state index contributed by atoms with van der Waals surface area (Å²) in [5, 5.41) is 11.6. The van der Waals surface area contributed by atoms with Crippen LogP contribution in [0.2, 0.25) is 5.02 Å². The Hall–Kier alpha value is -3.59. The zero-order chi connectivity index (χ0) is 21.3. The minimum atomic E-state index is -1.37. The molecule has 3 rings (SSSR count). The van der Waals surface area contributed by atoms with Crippen LogP contribution in [0.4, 0.5) is 5.69 Å². The third-order valence-electron chi connectivity index (χ3n) is 4.36. The number of benzene rings is 2. The van der Waals surface area contributed by atoms with E-state index in [1.54, 1.807) is 0 Å². The van der Waals surface area contributed by atoms with Gasteiger partial charge in [0.2, 0.25) is 0 Å². The Bertz CT molecular complexity index is 1050. The van der Waals surface area contributed by atoms with Crippen LogP contribution in [0.1, 0.15) is 38.0 Å². The van der Waals surface area contributed by atoms with Gasteiger partial charge >= 0.3 is 5.97 Å². The summed E-state index contributed by atoms with van der Waals surface area (Å²) < 4.78 is 4.93. The summed E-state index contributed by atoms with van der Waals surface area (Å²) in [5.41, 5.74) is -0.798. The first-order valence-corrected chi connectivity index (χ1v) is 8.71. The molecule has 2 amide bonds. The zero-order valence-electron chi connectivity index (χ0n) is 15.0. The topological polar surface area (TPSA) is 124 Å². The van der Waals surface area contributed by atoms with Crippen molar-refractivity contribution in [3.8, 4) is 0 Å². The molecule has 10 heteroatoms. The number of ketones is 1. The van der Waals surface area contributed by atoms with E-state index >= 15 is 0 Å².